The van der Waals surface area contributed by atoms with Crippen LogP contribution in [-0.2, 0) is 11.2 Å². The Hall–Kier alpha value is -2.74. The average Bonchev–Trinajstić information content (AvgIpc) is 2.86. The van der Waals surface area contributed by atoms with Crippen molar-refractivity contribution in [2.45, 2.75) is 31.7 Å². The minimum absolute atomic E-state index is 0.0208. The molecule has 0 saturated carbocycles. The second kappa shape index (κ2) is 12.3. The molecule has 0 aliphatic carbocycles. The highest BCUT2D eigenvalue weighted by atomic mass is 35.5. The summed E-state index contributed by atoms with van der Waals surface area (Å²) in [5.41, 5.74) is 2.38. The van der Waals surface area contributed by atoms with Crippen molar-refractivity contribution in [3.05, 3.63) is 75.5 Å². The molecule has 1 unspecified atom stereocenters. The van der Waals surface area contributed by atoms with E-state index in [9.17, 15) is 9.59 Å². The summed E-state index contributed by atoms with van der Waals surface area (Å²) in [6, 6.07) is 13.0. The van der Waals surface area contributed by atoms with Gasteiger partial charge < -0.3 is 26.2 Å². The first-order valence-electron chi connectivity index (χ1n) is 12.0. The van der Waals surface area contributed by atoms with Crippen molar-refractivity contribution in [2.75, 3.05) is 38.0 Å². The van der Waals surface area contributed by atoms with Crippen LogP contribution >= 0.6 is 23.2 Å². The van der Waals surface area contributed by atoms with Crippen molar-refractivity contribution in [1.29, 1.82) is 0 Å². The molecule has 7 nitrogen and oxygen atoms in total. The molecule has 2 saturated heterocycles. The first kappa shape index (κ1) is 25.4. The van der Waals surface area contributed by atoms with Gasteiger partial charge in [-0.2, -0.15) is 0 Å². The lowest BCUT2D eigenvalue weighted by Gasteiger charge is -2.33. The summed E-state index contributed by atoms with van der Waals surface area (Å²) >= 11 is 12.1. The van der Waals surface area contributed by atoms with E-state index in [2.05, 4.69) is 32.2 Å². The molecular formula is C26H31Cl2N5O2. The number of nitrogens with zero attached hydrogens (tertiary/aromatic N) is 1. The van der Waals surface area contributed by atoms with E-state index < -0.39 is 0 Å². The number of anilines is 1. The standard InChI is InChI=1S/C26H31Cl2N5O2/c27-20-7-4-18(23(28)15-20)10-12-31-26(35)19-5-8-21(9-6-19)32-24(16-22-3-1-2-11-29-22)33-14-13-30-25(34)17-33/h4-9,15-16,22,29,32H,1-3,10-14,17H2,(H,30,34)(H,31,35). The number of hydrogen-bond donors (Lipinski definition) is 4. The molecule has 0 aromatic heterocycles. The molecule has 2 aromatic rings. The van der Waals surface area contributed by atoms with E-state index in [0.29, 0.717) is 41.7 Å². The lowest BCUT2D eigenvalue weighted by atomic mass is 10.0. The zero-order chi connectivity index (χ0) is 24.6. The summed E-state index contributed by atoms with van der Waals surface area (Å²) < 4.78 is 0. The van der Waals surface area contributed by atoms with Gasteiger partial charge in [0.2, 0.25) is 5.91 Å². The zero-order valence-electron chi connectivity index (χ0n) is 19.6. The number of carbonyl (C=O) groups excluding carboxylic acids is 2. The van der Waals surface area contributed by atoms with E-state index >= 15 is 0 Å². The number of rotatable bonds is 8. The fourth-order valence-electron chi connectivity index (χ4n) is 4.27. The highest BCUT2D eigenvalue weighted by Gasteiger charge is 2.21. The van der Waals surface area contributed by atoms with Crippen molar-refractivity contribution in [3.63, 3.8) is 0 Å². The normalized spacial score (nSPS) is 18.7. The van der Waals surface area contributed by atoms with Crippen LogP contribution < -0.4 is 21.3 Å². The fraction of sp³-hybridized carbons (Fsp3) is 0.385. The molecule has 0 radical (unpaired) electrons. The molecule has 9 heteroatoms. The Bertz CT molecular complexity index is 1070. The van der Waals surface area contributed by atoms with Gasteiger partial charge in [-0.1, -0.05) is 35.7 Å². The van der Waals surface area contributed by atoms with Gasteiger partial charge in [0.1, 0.15) is 5.82 Å². The lowest BCUT2D eigenvalue weighted by molar-refractivity contribution is -0.123. The zero-order valence-corrected chi connectivity index (χ0v) is 21.1. The molecule has 186 valence electrons. The van der Waals surface area contributed by atoms with Gasteiger partial charge in [0.05, 0.1) is 6.54 Å². The monoisotopic (exact) mass is 515 g/mol. The molecule has 0 spiro atoms. The molecule has 2 aliphatic heterocycles. The summed E-state index contributed by atoms with van der Waals surface area (Å²) in [6.45, 7) is 3.16. The molecule has 4 N–H and O–H groups in total. The Labute approximate surface area is 216 Å². The first-order chi connectivity index (χ1) is 17.0. The van der Waals surface area contributed by atoms with Crippen LogP contribution in [0.3, 0.4) is 0 Å². The van der Waals surface area contributed by atoms with Crippen LogP contribution in [0.5, 0.6) is 0 Å². The highest BCUT2D eigenvalue weighted by molar-refractivity contribution is 6.35. The Morgan fingerprint density at radius 1 is 1.11 bits per heavy atom. The molecule has 2 aliphatic rings. The quantitative estimate of drug-likeness (QED) is 0.429. The number of benzene rings is 2. The maximum absolute atomic E-state index is 12.6. The minimum Gasteiger partial charge on any atom is -0.353 e. The van der Waals surface area contributed by atoms with Crippen LogP contribution in [0, 0.1) is 0 Å². The van der Waals surface area contributed by atoms with E-state index in [4.69, 9.17) is 23.2 Å². The molecule has 35 heavy (non-hydrogen) atoms. The van der Waals surface area contributed by atoms with Crippen LogP contribution in [0.2, 0.25) is 10.0 Å². The summed E-state index contributed by atoms with van der Waals surface area (Å²) in [5, 5.41) is 14.0. The van der Waals surface area contributed by atoms with Crippen molar-refractivity contribution in [2.24, 2.45) is 0 Å². The van der Waals surface area contributed by atoms with Crippen molar-refractivity contribution < 1.29 is 9.59 Å². The van der Waals surface area contributed by atoms with Crippen LogP contribution in [0.4, 0.5) is 5.69 Å². The molecule has 0 bridgehead atoms. The third-order valence-electron chi connectivity index (χ3n) is 6.20. The number of piperidine rings is 1. The Kier molecular flexibility index (Phi) is 8.90. The molecule has 2 fully saturated rings. The fourth-order valence-corrected chi connectivity index (χ4v) is 4.77. The van der Waals surface area contributed by atoms with Crippen LogP contribution in [0.25, 0.3) is 0 Å². The largest absolute Gasteiger partial charge is 0.353 e. The SMILES string of the molecule is O=C1CN(C(=CC2CCCCN2)Nc2ccc(C(=O)NCCc3ccc(Cl)cc3Cl)cc2)CCN1. The molecule has 2 aromatic carbocycles. The topological polar surface area (TPSA) is 85.5 Å². The molecule has 2 heterocycles. The van der Waals surface area contributed by atoms with E-state index in [-0.39, 0.29) is 17.9 Å². The number of nitrogens with one attached hydrogen (secondary N) is 4. The third-order valence-corrected chi connectivity index (χ3v) is 6.79. The van der Waals surface area contributed by atoms with Crippen LogP contribution in [0.15, 0.2) is 54.4 Å². The van der Waals surface area contributed by atoms with E-state index in [1.165, 1.54) is 12.8 Å². The third kappa shape index (κ3) is 7.37. The number of amides is 2. The Morgan fingerprint density at radius 2 is 1.94 bits per heavy atom. The van der Waals surface area contributed by atoms with Crippen LogP contribution in [0.1, 0.15) is 35.2 Å². The second-order valence-electron chi connectivity index (χ2n) is 8.82. The molecule has 1 atom stereocenters. The Balaban J connectivity index is 1.36. The van der Waals surface area contributed by atoms with Gasteiger partial charge in [-0.05, 0) is 73.8 Å². The smallest absolute Gasteiger partial charge is 0.251 e. The highest BCUT2D eigenvalue weighted by Crippen LogP contribution is 2.21. The average molecular weight is 516 g/mol. The van der Waals surface area contributed by atoms with Crippen LogP contribution in [-0.4, -0.2) is 55.5 Å². The summed E-state index contributed by atoms with van der Waals surface area (Å²) in [5.74, 6) is 0.792. The number of piperazine rings is 1. The summed E-state index contributed by atoms with van der Waals surface area (Å²) in [4.78, 5) is 26.6. The molecule has 4 rings (SSSR count). The summed E-state index contributed by atoms with van der Waals surface area (Å²) in [7, 11) is 0. The molecule has 2 amide bonds. The van der Waals surface area contributed by atoms with Crippen molar-refractivity contribution in [3.8, 4) is 0 Å². The first-order valence-corrected chi connectivity index (χ1v) is 12.8. The lowest BCUT2D eigenvalue weighted by Crippen LogP contribution is -2.48. The van der Waals surface area contributed by atoms with Gasteiger partial charge in [0, 0.05) is 47.0 Å². The number of carbonyl (C=O) groups is 2. The van der Waals surface area contributed by atoms with Gasteiger partial charge in [-0.3, -0.25) is 9.59 Å². The van der Waals surface area contributed by atoms with Gasteiger partial charge in [-0.25, -0.2) is 0 Å². The van der Waals surface area contributed by atoms with Gasteiger partial charge >= 0.3 is 0 Å². The predicted molar refractivity (Wildman–Crippen MR) is 141 cm³/mol. The van der Waals surface area contributed by atoms with E-state index in [1.807, 2.05) is 18.2 Å². The number of hydrogen-bond acceptors (Lipinski definition) is 5. The summed E-state index contributed by atoms with van der Waals surface area (Å²) in [6.07, 6.45) is 6.26. The van der Waals surface area contributed by atoms with Gasteiger partial charge in [0.25, 0.3) is 5.91 Å². The maximum Gasteiger partial charge on any atom is 0.251 e. The van der Waals surface area contributed by atoms with E-state index in [1.54, 1.807) is 24.3 Å². The molecular weight excluding hydrogens is 485 g/mol. The van der Waals surface area contributed by atoms with Crippen molar-refractivity contribution >= 4 is 40.7 Å². The van der Waals surface area contributed by atoms with E-state index in [0.717, 1.165) is 36.6 Å². The Morgan fingerprint density at radius 3 is 2.66 bits per heavy atom. The van der Waals surface area contributed by atoms with Gasteiger partial charge in [-0.15, -0.1) is 0 Å². The second-order valence-corrected chi connectivity index (χ2v) is 9.67. The number of halogens is 2. The van der Waals surface area contributed by atoms with Crippen molar-refractivity contribution in [1.82, 2.24) is 20.9 Å². The van der Waals surface area contributed by atoms with Gasteiger partial charge in [0.15, 0.2) is 0 Å². The minimum atomic E-state index is -0.142. The maximum atomic E-state index is 12.6. The predicted octanol–water partition coefficient (Wildman–Crippen LogP) is 3.79.